The molecule has 1 spiro atoms. The molecule has 3 amide bonds. The van der Waals surface area contributed by atoms with Crippen molar-refractivity contribution < 1.29 is 19.1 Å². The number of amides is 3. The van der Waals surface area contributed by atoms with Gasteiger partial charge in [0.15, 0.2) is 0 Å². The number of hydrogen-bond donors (Lipinski definition) is 1. The quantitative estimate of drug-likeness (QED) is 0.611. The van der Waals surface area contributed by atoms with Gasteiger partial charge >= 0.3 is 12.0 Å². The van der Waals surface area contributed by atoms with Crippen LogP contribution in [0, 0.1) is 5.92 Å². The van der Waals surface area contributed by atoms with E-state index >= 15 is 0 Å². The summed E-state index contributed by atoms with van der Waals surface area (Å²) in [6, 6.07) is -0.261. The first kappa shape index (κ1) is 19.1. The lowest BCUT2D eigenvalue weighted by Gasteiger charge is -2.33. The van der Waals surface area contributed by atoms with Gasteiger partial charge in [0.05, 0.1) is 19.2 Å². The molecule has 0 aromatic heterocycles. The van der Waals surface area contributed by atoms with Crippen LogP contribution in [0.3, 0.4) is 0 Å². The minimum Gasteiger partial charge on any atom is -0.466 e. The van der Waals surface area contributed by atoms with Crippen LogP contribution in [0.4, 0.5) is 4.79 Å². The van der Waals surface area contributed by atoms with E-state index in [1.807, 2.05) is 6.92 Å². The van der Waals surface area contributed by atoms with Gasteiger partial charge in [-0.05, 0) is 32.6 Å². The van der Waals surface area contributed by atoms with Crippen LogP contribution in [0.15, 0.2) is 0 Å². The maximum absolute atomic E-state index is 13.0. The third-order valence-corrected chi connectivity index (χ3v) is 6.00. The lowest BCUT2D eigenvalue weighted by Crippen LogP contribution is -2.49. The van der Waals surface area contributed by atoms with Gasteiger partial charge in [-0.3, -0.25) is 14.5 Å². The zero-order valence-electron chi connectivity index (χ0n) is 15.8. The van der Waals surface area contributed by atoms with E-state index in [4.69, 9.17) is 4.74 Å². The van der Waals surface area contributed by atoms with E-state index in [1.165, 1.54) is 11.3 Å². The molecule has 7 heteroatoms. The van der Waals surface area contributed by atoms with E-state index in [9.17, 15) is 14.4 Å². The molecule has 0 atom stereocenters. The molecule has 0 aromatic rings. The highest BCUT2D eigenvalue weighted by Crippen LogP contribution is 2.32. The number of nitrogens with one attached hydrogen (secondary N) is 1. The van der Waals surface area contributed by atoms with E-state index in [1.54, 1.807) is 0 Å². The Morgan fingerprint density at radius 2 is 1.73 bits per heavy atom. The van der Waals surface area contributed by atoms with E-state index < -0.39 is 5.54 Å². The summed E-state index contributed by atoms with van der Waals surface area (Å²) in [5, 5.41) is 3.01. The number of rotatable bonds is 4. The smallest absolute Gasteiger partial charge is 0.326 e. The SMILES string of the molecule is CCOC(=O)C1CCN(CN2C(=O)NC3(CCCCCCC3)C2=O)CC1. The topological polar surface area (TPSA) is 79.0 Å². The number of carbonyl (C=O) groups excluding carboxylic acids is 3. The van der Waals surface area contributed by atoms with Crippen LogP contribution in [0.2, 0.25) is 0 Å². The Labute approximate surface area is 155 Å². The van der Waals surface area contributed by atoms with E-state index in [-0.39, 0.29) is 23.8 Å². The van der Waals surface area contributed by atoms with Crippen molar-refractivity contribution in [1.82, 2.24) is 15.1 Å². The maximum atomic E-state index is 13.0. The standard InChI is InChI=1S/C19H31N3O4/c1-2-26-16(23)15-8-12-21(13-9-15)14-22-17(24)19(20-18(22)25)10-6-4-3-5-7-11-19/h15H,2-14H2,1H3,(H,20,25). The summed E-state index contributed by atoms with van der Waals surface area (Å²) in [6.45, 7) is 3.95. The number of urea groups is 1. The van der Waals surface area contributed by atoms with Crippen LogP contribution < -0.4 is 5.32 Å². The predicted octanol–water partition coefficient (Wildman–Crippen LogP) is 2.25. The van der Waals surface area contributed by atoms with Gasteiger partial charge in [0.2, 0.25) is 0 Å². The molecule has 2 saturated heterocycles. The Morgan fingerprint density at radius 3 is 2.35 bits per heavy atom. The summed E-state index contributed by atoms with van der Waals surface area (Å²) in [4.78, 5) is 40.8. The fraction of sp³-hybridized carbons (Fsp3) is 0.842. The van der Waals surface area contributed by atoms with Gasteiger partial charge in [0.25, 0.3) is 5.91 Å². The molecule has 1 aliphatic carbocycles. The number of carbonyl (C=O) groups is 3. The Morgan fingerprint density at radius 1 is 1.12 bits per heavy atom. The fourth-order valence-corrected chi connectivity index (χ4v) is 4.42. The van der Waals surface area contributed by atoms with Crippen LogP contribution in [0.1, 0.15) is 64.7 Å². The normalized spacial score (nSPS) is 25.0. The third-order valence-electron chi connectivity index (χ3n) is 6.00. The average Bonchev–Trinajstić information content (AvgIpc) is 2.84. The van der Waals surface area contributed by atoms with Crippen LogP contribution in [0.25, 0.3) is 0 Å². The average molecular weight is 365 g/mol. The van der Waals surface area contributed by atoms with Gasteiger partial charge in [-0.15, -0.1) is 0 Å². The summed E-state index contributed by atoms with van der Waals surface area (Å²) in [5.74, 6) is -0.251. The first-order valence-electron chi connectivity index (χ1n) is 10.1. The van der Waals surface area contributed by atoms with Crippen LogP contribution in [-0.2, 0) is 14.3 Å². The number of imide groups is 1. The Bertz CT molecular complexity index is 535. The second-order valence-corrected chi connectivity index (χ2v) is 7.80. The molecule has 0 radical (unpaired) electrons. The van der Waals surface area contributed by atoms with Crippen LogP contribution in [-0.4, -0.2) is 59.6 Å². The summed E-state index contributed by atoms with van der Waals surface area (Å²) >= 11 is 0. The first-order valence-corrected chi connectivity index (χ1v) is 10.1. The predicted molar refractivity (Wildman–Crippen MR) is 96.2 cm³/mol. The van der Waals surface area contributed by atoms with Gasteiger partial charge in [-0.2, -0.15) is 0 Å². The fourth-order valence-electron chi connectivity index (χ4n) is 4.42. The monoisotopic (exact) mass is 365 g/mol. The molecule has 146 valence electrons. The van der Waals surface area contributed by atoms with Crippen molar-refractivity contribution in [2.75, 3.05) is 26.4 Å². The molecular formula is C19H31N3O4. The molecule has 1 N–H and O–H groups in total. The largest absolute Gasteiger partial charge is 0.466 e. The molecule has 0 unspecified atom stereocenters. The molecule has 7 nitrogen and oxygen atoms in total. The number of hydrogen-bond acceptors (Lipinski definition) is 5. The maximum Gasteiger partial charge on any atom is 0.326 e. The van der Waals surface area contributed by atoms with Crippen molar-refractivity contribution in [2.24, 2.45) is 5.92 Å². The molecule has 3 fully saturated rings. The minimum absolute atomic E-state index is 0.0584. The molecule has 2 aliphatic heterocycles. The van der Waals surface area contributed by atoms with Crippen LogP contribution >= 0.6 is 0 Å². The van der Waals surface area contributed by atoms with Crippen molar-refractivity contribution in [1.29, 1.82) is 0 Å². The molecule has 0 aromatic carbocycles. The van der Waals surface area contributed by atoms with Gasteiger partial charge in [0, 0.05) is 13.1 Å². The summed E-state index contributed by atoms with van der Waals surface area (Å²) in [5.41, 5.74) is -0.680. The number of nitrogens with zero attached hydrogens (tertiary/aromatic N) is 2. The van der Waals surface area contributed by atoms with E-state index in [0.29, 0.717) is 39.2 Å². The Balaban J connectivity index is 1.56. The highest BCUT2D eigenvalue weighted by Gasteiger charge is 2.50. The Hall–Kier alpha value is -1.63. The molecule has 26 heavy (non-hydrogen) atoms. The van der Waals surface area contributed by atoms with Crippen molar-refractivity contribution in [3.63, 3.8) is 0 Å². The third kappa shape index (κ3) is 4.03. The number of likely N-dealkylation sites (tertiary alicyclic amines) is 1. The molecule has 2 heterocycles. The second-order valence-electron chi connectivity index (χ2n) is 7.80. The highest BCUT2D eigenvalue weighted by atomic mass is 16.5. The first-order chi connectivity index (χ1) is 12.6. The van der Waals surface area contributed by atoms with Gasteiger partial charge < -0.3 is 10.1 Å². The van der Waals surface area contributed by atoms with Gasteiger partial charge in [0.1, 0.15) is 5.54 Å². The Kier molecular flexibility index (Phi) is 6.16. The summed E-state index contributed by atoms with van der Waals surface area (Å²) in [7, 11) is 0. The zero-order valence-corrected chi connectivity index (χ0v) is 15.8. The van der Waals surface area contributed by atoms with Crippen molar-refractivity contribution in [3.8, 4) is 0 Å². The molecule has 3 aliphatic rings. The minimum atomic E-state index is -0.680. The number of esters is 1. The number of ether oxygens (including phenoxy) is 1. The van der Waals surface area contributed by atoms with Crippen molar-refractivity contribution in [2.45, 2.75) is 70.3 Å². The van der Waals surface area contributed by atoms with Gasteiger partial charge in [-0.1, -0.05) is 32.1 Å². The van der Waals surface area contributed by atoms with Crippen molar-refractivity contribution >= 4 is 17.9 Å². The summed E-state index contributed by atoms with van der Waals surface area (Å²) in [6.07, 6.45) is 8.39. The van der Waals surface area contributed by atoms with Crippen molar-refractivity contribution in [3.05, 3.63) is 0 Å². The van der Waals surface area contributed by atoms with E-state index in [2.05, 4.69) is 10.2 Å². The lowest BCUT2D eigenvalue weighted by atomic mass is 9.84. The highest BCUT2D eigenvalue weighted by molar-refractivity contribution is 6.07. The van der Waals surface area contributed by atoms with E-state index in [0.717, 1.165) is 38.5 Å². The van der Waals surface area contributed by atoms with Crippen LogP contribution in [0.5, 0.6) is 0 Å². The van der Waals surface area contributed by atoms with Gasteiger partial charge in [-0.25, -0.2) is 9.69 Å². The zero-order chi connectivity index (χ0) is 18.6. The second kappa shape index (κ2) is 8.37. The molecule has 1 saturated carbocycles. The summed E-state index contributed by atoms with van der Waals surface area (Å²) < 4.78 is 5.10. The molecule has 0 bridgehead atoms. The number of piperidine rings is 1. The molecule has 3 rings (SSSR count). The molecular weight excluding hydrogens is 334 g/mol. The lowest BCUT2D eigenvalue weighted by molar-refractivity contribution is -0.150.